The van der Waals surface area contributed by atoms with E-state index in [0.717, 1.165) is 12.8 Å². The summed E-state index contributed by atoms with van der Waals surface area (Å²) >= 11 is 0. The number of hydrogen-bond donors (Lipinski definition) is 0. The van der Waals surface area contributed by atoms with Gasteiger partial charge in [0, 0.05) is 12.8 Å². The fourth-order valence-electron chi connectivity index (χ4n) is 1.84. The van der Waals surface area contributed by atoms with Crippen molar-refractivity contribution >= 4 is 5.78 Å². The zero-order valence-electron chi connectivity index (χ0n) is 10.3. The normalized spacial score (nSPS) is 14.6. The Kier molecular flexibility index (Phi) is 5.75. The predicted octanol–water partition coefficient (Wildman–Crippen LogP) is 3.98. The molecule has 0 saturated carbocycles. The minimum atomic E-state index is 0.334. The van der Waals surface area contributed by atoms with Gasteiger partial charge in [0.05, 0.1) is 0 Å². The minimum Gasteiger partial charge on any atom is -0.299 e. The van der Waals surface area contributed by atoms with Crippen LogP contribution in [0.3, 0.4) is 0 Å². The van der Waals surface area contributed by atoms with Crippen LogP contribution in [0.2, 0.25) is 0 Å². The molecule has 0 aromatic heterocycles. The van der Waals surface area contributed by atoms with Crippen molar-refractivity contribution in [2.45, 2.75) is 53.9 Å². The molecule has 0 aromatic rings. The average Bonchev–Trinajstić information content (AvgIpc) is 1.96. The molecule has 1 unspecified atom stereocenters. The largest absolute Gasteiger partial charge is 0.299 e. The molecule has 0 amide bonds. The van der Waals surface area contributed by atoms with Gasteiger partial charge in [0.1, 0.15) is 5.78 Å². The maximum atomic E-state index is 11.4. The summed E-state index contributed by atoms with van der Waals surface area (Å²) in [5.41, 5.74) is 0.334. The van der Waals surface area contributed by atoms with Crippen LogP contribution in [0.15, 0.2) is 12.2 Å². The van der Waals surface area contributed by atoms with Crippen molar-refractivity contribution in [1.29, 1.82) is 0 Å². The Morgan fingerprint density at radius 1 is 1.36 bits per heavy atom. The van der Waals surface area contributed by atoms with Crippen molar-refractivity contribution in [2.75, 3.05) is 0 Å². The van der Waals surface area contributed by atoms with Crippen LogP contribution >= 0.6 is 0 Å². The standard InChI is InChI=1S/C13H24O/c1-6-7-8-12(14)9-11(2)10-13(3,4)5/h6-7,11H,8-10H2,1-5H3. The van der Waals surface area contributed by atoms with Gasteiger partial charge in [0.25, 0.3) is 0 Å². The first-order valence-corrected chi connectivity index (χ1v) is 5.48. The highest BCUT2D eigenvalue weighted by atomic mass is 16.1. The van der Waals surface area contributed by atoms with Crippen molar-refractivity contribution in [3.8, 4) is 0 Å². The molecule has 0 N–H and O–H groups in total. The third kappa shape index (κ3) is 8.03. The lowest BCUT2D eigenvalue weighted by Gasteiger charge is -2.22. The van der Waals surface area contributed by atoms with Crippen molar-refractivity contribution in [3.05, 3.63) is 12.2 Å². The first-order valence-electron chi connectivity index (χ1n) is 5.48. The highest BCUT2D eigenvalue weighted by molar-refractivity contribution is 5.79. The molecule has 0 bridgehead atoms. The summed E-state index contributed by atoms with van der Waals surface area (Å²) in [5, 5.41) is 0. The van der Waals surface area contributed by atoms with E-state index in [-0.39, 0.29) is 0 Å². The lowest BCUT2D eigenvalue weighted by atomic mass is 9.83. The van der Waals surface area contributed by atoms with Crippen LogP contribution in [0, 0.1) is 11.3 Å². The molecule has 82 valence electrons. The second-order valence-electron chi connectivity index (χ2n) is 5.39. The van der Waals surface area contributed by atoms with E-state index in [1.165, 1.54) is 0 Å². The van der Waals surface area contributed by atoms with Crippen LogP contribution < -0.4 is 0 Å². The lowest BCUT2D eigenvalue weighted by Crippen LogP contribution is -2.13. The highest BCUT2D eigenvalue weighted by Crippen LogP contribution is 2.26. The van der Waals surface area contributed by atoms with Gasteiger partial charge in [-0.1, -0.05) is 39.8 Å². The number of ketones is 1. The van der Waals surface area contributed by atoms with Gasteiger partial charge in [-0.2, -0.15) is 0 Å². The number of hydrogen-bond acceptors (Lipinski definition) is 1. The van der Waals surface area contributed by atoms with Crippen LogP contribution in [0.1, 0.15) is 53.9 Å². The molecule has 0 fully saturated rings. The zero-order valence-corrected chi connectivity index (χ0v) is 10.3. The molecule has 1 heteroatoms. The lowest BCUT2D eigenvalue weighted by molar-refractivity contribution is -0.119. The van der Waals surface area contributed by atoms with Gasteiger partial charge in [-0.05, 0) is 24.7 Å². The van der Waals surface area contributed by atoms with Gasteiger partial charge in [-0.3, -0.25) is 4.79 Å². The van der Waals surface area contributed by atoms with Gasteiger partial charge >= 0.3 is 0 Å². The smallest absolute Gasteiger partial charge is 0.136 e. The van der Waals surface area contributed by atoms with Crippen LogP contribution in [0.5, 0.6) is 0 Å². The van der Waals surface area contributed by atoms with E-state index < -0.39 is 0 Å². The molecule has 1 atom stereocenters. The van der Waals surface area contributed by atoms with E-state index in [4.69, 9.17) is 0 Å². The van der Waals surface area contributed by atoms with E-state index in [9.17, 15) is 4.79 Å². The first-order chi connectivity index (χ1) is 6.35. The van der Waals surface area contributed by atoms with Crippen molar-refractivity contribution < 1.29 is 4.79 Å². The maximum absolute atomic E-state index is 11.4. The molecule has 0 rings (SSSR count). The Morgan fingerprint density at radius 3 is 2.36 bits per heavy atom. The molecule has 0 radical (unpaired) electrons. The van der Waals surface area contributed by atoms with Crippen molar-refractivity contribution in [1.82, 2.24) is 0 Å². The SMILES string of the molecule is CC=CCC(=O)CC(C)CC(C)(C)C. The van der Waals surface area contributed by atoms with Gasteiger partial charge in [-0.15, -0.1) is 0 Å². The summed E-state index contributed by atoms with van der Waals surface area (Å²) in [4.78, 5) is 11.4. The number of Topliss-reactive ketones (excluding diaryl/α,β-unsaturated/α-hetero) is 1. The molecular formula is C13H24O. The van der Waals surface area contributed by atoms with E-state index in [0.29, 0.717) is 23.5 Å². The predicted molar refractivity (Wildman–Crippen MR) is 62.3 cm³/mol. The van der Waals surface area contributed by atoms with Crippen LogP contribution in [0.25, 0.3) is 0 Å². The molecule has 1 nitrogen and oxygen atoms in total. The molecule has 0 aliphatic rings. The van der Waals surface area contributed by atoms with Crippen molar-refractivity contribution in [3.63, 3.8) is 0 Å². The summed E-state index contributed by atoms with van der Waals surface area (Å²) in [6.07, 6.45) is 6.32. The Bertz CT molecular complexity index is 196. The molecule has 0 aliphatic heterocycles. The second-order valence-corrected chi connectivity index (χ2v) is 5.39. The van der Waals surface area contributed by atoms with Gasteiger partial charge in [0.15, 0.2) is 0 Å². The molecule has 0 saturated heterocycles. The zero-order chi connectivity index (χ0) is 11.2. The number of carbonyl (C=O) groups excluding carboxylic acids is 1. The van der Waals surface area contributed by atoms with E-state index in [2.05, 4.69) is 27.7 Å². The topological polar surface area (TPSA) is 17.1 Å². The van der Waals surface area contributed by atoms with Crippen LogP contribution in [0.4, 0.5) is 0 Å². The average molecular weight is 196 g/mol. The molecule has 14 heavy (non-hydrogen) atoms. The summed E-state index contributed by atoms with van der Waals surface area (Å²) in [5.74, 6) is 0.868. The van der Waals surface area contributed by atoms with Gasteiger partial charge in [-0.25, -0.2) is 0 Å². The Balaban J connectivity index is 3.82. The molecule has 0 aliphatic carbocycles. The minimum absolute atomic E-state index is 0.334. The number of carbonyl (C=O) groups is 1. The Labute approximate surface area is 88.6 Å². The number of allylic oxidation sites excluding steroid dienone is 2. The third-order valence-corrected chi connectivity index (χ3v) is 2.12. The summed E-state index contributed by atoms with van der Waals surface area (Å²) in [6.45, 7) is 10.8. The Morgan fingerprint density at radius 2 is 1.93 bits per heavy atom. The molecule has 0 spiro atoms. The monoisotopic (exact) mass is 196 g/mol. The van der Waals surface area contributed by atoms with Crippen molar-refractivity contribution in [2.24, 2.45) is 11.3 Å². The van der Waals surface area contributed by atoms with Gasteiger partial charge < -0.3 is 0 Å². The molecule has 0 aromatic carbocycles. The van der Waals surface area contributed by atoms with Crippen LogP contribution in [-0.2, 0) is 4.79 Å². The van der Waals surface area contributed by atoms with E-state index in [1.807, 2.05) is 19.1 Å². The van der Waals surface area contributed by atoms with Gasteiger partial charge in [0.2, 0.25) is 0 Å². The fourth-order valence-corrected chi connectivity index (χ4v) is 1.84. The fraction of sp³-hybridized carbons (Fsp3) is 0.769. The van der Waals surface area contributed by atoms with E-state index in [1.54, 1.807) is 0 Å². The first kappa shape index (κ1) is 13.4. The second kappa shape index (κ2) is 6.00. The quantitative estimate of drug-likeness (QED) is 0.608. The summed E-state index contributed by atoms with van der Waals surface area (Å²) < 4.78 is 0. The summed E-state index contributed by atoms with van der Waals surface area (Å²) in [7, 11) is 0. The highest BCUT2D eigenvalue weighted by Gasteiger charge is 2.16. The third-order valence-electron chi connectivity index (χ3n) is 2.12. The number of rotatable bonds is 5. The molecule has 0 heterocycles. The van der Waals surface area contributed by atoms with Crippen LogP contribution in [-0.4, -0.2) is 5.78 Å². The summed E-state index contributed by atoms with van der Waals surface area (Å²) in [6, 6.07) is 0. The maximum Gasteiger partial charge on any atom is 0.136 e. The molecular weight excluding hydrogens is 172 g/mol. The van der Waals surface area contributed by atoms with E-state index >= 15 is 0 Å². The Hall–Kier alpha value is -0.590.